The molecule has 2 aromatic rings. The van der Waals surface area contributed by atoms with E-state index in [-0.39, 0.29) is 17.9 Å². The van der Waals surface area contributed by atoms with Crippen molar-refractivity contribution < 1.29 is 18.3 Å². The van der Waals surface area contributed by atoms with E-state index in [4.69, 9.17) is 16.7 Å². The maximum Gasteiger partial charge on any atom is 0.433 e. The van der Waals surface area contributed by atoms with E-state index >= 15 is 0 Å². The van der Waals surface area contributed by atoms with Crippen molar-refractivity contribution >= 4 is 23.2 Å². The second kappa shape index (κ2) is 6.28. The summed E-state index contributed by atoms with van der Waals surface area (Å²) in [5, 5.41) is 11.9. The molecule has 21 heavy (non-hydrogen) atoms. The summed E-state index contributed by atoms with van der Waals surface area (Å²) in [7, 11) is 0. The Morgan fingerprint density at radius 1 is 1.29 bits per heavy atom. The van der Waals surface area contributed by atoms with Gasteiger partial charge in [-0.2, -0.15) is 13.2 Å². The fourth-order valence-corrected chi connectivity index (χ4v) is 1.90. The summed E-state index contributed by atoms with van der Waals surface area (Å²) in [6.45, 7) is -0.409. The Bertz CT molecular complexity index is 634. The zero-order chi connectivity index (χ0) is 15.5. The molecule has 1 heterocycles. The average Bonchev–Trinajstić information content (AvgIpc) is 2.39. The van der Waals surface area contributed by atoms with Gasteiger partial charge in [0.2, 0.25) is 5.95 Å². The summed E-state index contributed by atoms with van der Waals surface area (Å²) in [6, 6.07) is 6.46. The summed E-state index contributed by atoms with van der Waals surface area (Å²) < 4.78 is 38.8. The van der Waals surface area contributed by atoms with Crippen LogP contribution in [0.3, 0.4) is 0 Å². The Morgan fingerprint density at radius 2 is 2.05 bits per heavy atom. The van der Waals surface area contributed by atoms with Gasteiger partial charge in [-0.1, -0.05) is 17.7 Å². The first-order chi connectivity index (χ1) is 9.90. The third-order valence-corrected chi connectivity index (χ3v) is 2.83. The van der Waals surface area contributed by atoms with Gasteiger partial charge in [0.25, 0.3) is 0 Å². The van der Waals surface area contributed by atoms with Crippen molar-refractivity contribution in [1.82, 2.24) is 9.97 Å². The van der Waals surface area contributed by atoms with Crippen LogP contribution in [-0.2, 0) is 12.6 Å². The number of anilines is 2. The van der Waals surface area contributed by atoms with Gasteiger partial charge in [-0.15, -0.1) is 0 Å². The molecule has 0 atom stereocenters. The van der Waals surface area contributed by atoms with Gasteiger partial charge in [0.1, 0.15) is 0 Å². The summed E-state index contributed by atoms with van der Waals surface area (Å²) >= 11 is 5.79. The topological polar surface area (TPSA) is 58.0 Å². The molecule has 4 nitrogen and oxygen atoms in total. The number of hydrogen-bond acceptors (Lipinski definition) is 4. The molecule has 1 aromatic carbocycles. The van der Waals surface area contributed by atoms with Gasteiger partial charge in [-0.05, 0) is 24.6 Å². The first kappa shape index (κ1) is 15.5. The Morgan fingerprint density at radius 3 is 2.67 bits per heavy atom. The largest absolute Gasteiger partial charge is 0.433 e. The van der Waals surface area contributed by atoms with Gasteiger partial charge >= 0.3 is 6.18 Å². The third-order valence-electron chi connectivity index (χ3n) is 2.59. The quantitative estimate of drug-likeness (QED) is 0.907. The van der Waals surface area contributed by atoms with Crippen LogP contribution in [-0.4, -0.2) is 21.7 Å². The molecular weight excluding hydrogens is 307 g/mol. The second-order valence-electron chi connectivity index (χ2n) is 4.17. The standard InChI is InChI=1S/C13H11ClF3N3O/c14-9-2-1-3-10(6-9)19-12-18-7-8(4-5-21)11(20-12)13(15,16)17/h1-3,6-7,21H,4-5H2,(H,18,19,20). The number of aliphatic hydroxyl groups excluding tert-OH is 1. The molecule has 112 valence electrons. The minimum absolute atomic E-state index is 0.151. The molecular formula is C13H11ClF3N3O. The zero-order valence-electron chi connectivity index (χ0n) is 10.7. The minimum atomic E-state index is -4.61. The highest BCUT2D eigenvalue weighted by atomic mass is 35.5. The Hall–Kier alpha value is -1.86. The Labute approximate surface area is 123 Å². The number of nitrogens with one attached hydrogen (secondary N) is 1. The highest BCUT2D eigenvalue weighted by Gasteiger charge is 2.35. The van der Waals surface area contributed by atoms with Crippen molar-refractivity contribution in [2.45, 2.75) is 12.6 Å². The molecule has 0 unspecified atom stereocenters. The SMILES string of the molecule is OCCc1cnc(Nc2cccc(Cl)c2)nc1C(F)(F)F. The predicted octanol–water partition coefficient (Wildman–Crippen LogP) is 3.43. The van der Waals surface area contributed by atoms with Gasteiger partial charge in [-0.25, -0.2) is 9.97 Å². The molecule has 2 N–H and O–H groups in total. The monoisotopic (exact) mass is 317 g/mol. The molecule has 0 aliphatic heterocycles. The molecule has 0 saturated carbocycles. The van der Waals surface area contributed by atoms with Crippen LogP contribution in [0.15, 0.2) is 30.5 Å². The molecule has 0 spiro atoms. The fourth-order valence-electron chi connectivity index (χ4n) is 1.71. The van der Waals surface area contributed by atoms with Crippen molar-refractivity contribution in [2.24, 2.45) is 0 Å². The minimum Gasteiger partial charge on any atom is -0.396 e. The first-order valence-corrected chi connectivity index (χ1v) is 6.34. The number of hydrogen-bond donors (Lipinski definition) is 2. The van der Waals surface area contributed by atoms with E-state index in [0.29, 0.717) is 10.7 Å². The molecule has 1 aromatic heterocycles. The van der Waals surface area contributed by atoms with Crippen LogP contribution in [0.2, 0.25) is 5.02 Å². The maximum atomic E-state index is 12.9. The van der Waals surface area contributed by atoms with E-state index in [0.717, 1.165) is 6.20 Å². The van der Waals surface area contributed by atoms with Gasteiger partial charge in [0.05, 0.1) is 0 Å². The molecule has 0 aliphatic rings. The predicted molar refractivity (Wildman–Crippen MR) is 72.6 cm³/mol. The van der Waals surface area contributed by atoms with E-state index < -0.39 is 18.5 Å². The summed E-state index contributed by atoms with van der Waals surface area (Å²) in [4.78, 5) is 7.31. The number of rotatable bonds is 4. The van der Waals surface area contributed by atoms with Crippen LogP contribution in [0.1, 0.15) is 11.3 Å². The van der Waals surface area contributed by atoms with Crippen LogP contribution >= 0.6 is 11.6 Å². The number of aromatic nitrogens is 2. The van der Waals surface area contributed by atoms with Crippen molar-refractivity contribution in [2.75, 3.05) is 11.9 Å². The smallest absolute Gasteiger partial charge is 0.396 e. The molecule has 0 fully saturated rings. The summed E-state index contributed by atoms with van der Waals surface area (Å²) in [5.41, 5.74) is -0.733. The number of nitrogens with zero attached hydrogens (tertiary/aromatic N) is 2. The lowest BCUT2D eigenvalue weighted by Gasteiger charge is -2.13. The van der Waals surface area contributed by atoms with Crippen molar-refractivity contribution in [3.05, 3.63) is 46.7 Å². The first-order valence-electron chi connectivity index (χ1n) is 5.96. The van der Waals surface area contributed by atoms with Crippen LogP contribution in [0.25, 0.3) is 0 Å². The van der Waals surface area contributed by atoms with E-state index in [2.05, 4.69) is 15.3 Å². The van der Waals surface area contributed by atoms with Gasteiger partial charge in [0.15, 0.2) is 5.69 Å². The molecule has 0 bridgehead atoms. The van der Waals surface area contributed by atoms with Crippen LogP contribution in [0.5, 0.6) is 0 Å². The molecule has 0 saturated heterocycles. The van der Waals surface area contributed by atoms with E-state index in [1.807, 2.05) is 0 Å². The summed E-state index contributed by atoms with van der Waals surface area (Å²) in [6.07, 6.45) is -3.72. The molecule has 0 aliphatic carbocycles. The van der Waals surface area contributed by atoms with Crippen LogP contribution in [0, 0.1) is 0 Å². The van der Waals surface area contributed by atoms with Crippen LogP contribution in [0.4, 0.5) is 24.8 Å². The maximum absolute atomic E-state index is 12.9. The van der Waals surface area contributed by atoms with E-state index in [9.17, 15) is 13.2 Å². The van der Waals surface area contributed by atoms with Crippen molar-refractivity contribution in [1.29, 1.82) is 0 Å². The van der Waals surface area contributed by atoms with Gasteiger partial charge in [0, 0.05) is 29.1 Å². The lowest BCUT2D eigenvalue weighted by molar-refractivity contribution is -0.141. The lowest BCUT2D eigenvalue weighted by atomic mass is 10.1. The molecule has 2 rings (SSSR count). The van der Waals surface area contributed by atoms with Crippen molar-refractivity contribution in [3.63, 3.8) is 0 Å². The number of aliphatic hydroxyl groups is 1. The molecule has 8 heteroatoms. The van der Waals surface area contributed by atoms with E-state index in [1.54, 1.807) is 24.3 Å². The fraction of sp³-hybridized carbons (Fsp3) is 0.231. The average molecular weight is 318 g/mol. The van der Waals surface area contributed by atoms with Crippen molar-refractivity contribution in [3.8, 4) is 0 Å². The highest BCUT2D eigenvalue weighted by Crippen LogP contribution is 2.31. The second-order valence-corrected chi connectivity index (χ2v) is 4.61. The highest BCUT2D eigenvalue weighted by molar-refractivity contribution is 6.30. The normalized spacial score (nSPS) is 11.5. The van der Waals surface area contributed by atoms with Crippen LogP contribution < -0.4 is 5.32 Å². The number of alkyl halides is 3. The summed E-state index contributed by atoms with van der Waals surface area (Å²) in [5.74, 6) is -0.189. The number of benzene rings is 1. The number of halogens is 4. The van der Waals surface area contributed by atoms with Gasteiger partial charge in [-0.3, -0.25) is 0 Å². The molecule has 0 radical (unpaired) electrons. The van der Waals surface area contributed by atoms with E-state index in [1.165, 1.54) is 0 Å². The zero-order valence-corrected chi connectivity index (χ0v) is 11.4. The lowest BCUT2D eigenvalue weighted by Crippen LogP contribution is -2.15. The Balaban J connectivity index is 2.33. The molecule has 0 amide bonds. The van der Waals surface area contributed by atoms with Gasteiger partial charge < -0.3 is 10.4 Å². The Kier molecular flexibility index (Phi) is 4.64. The third kappa shape index (κ3) is 4.05.